The highest BCUT2D eigenvalue weighted by Crippen LogP contribution is 2.23. The molecule has 132 valence electrons. The average Bonchev–Trinajstić information content (AvgIpc) is 2.97. The van der Waals surface area contributed by atoms with Crippen LogP contribution in [0.5, 0.6) is 0 Å². The molecule has 1 amide bonds. The molecule has 1 unspecified atom stereocenters. The van der Waals surface area contributed by atoms with E-state index >= 15 is 0 Å². The molecule has 1 aliphatic rings. The molecule has 0 saturated carbocycles. The second kappa shape index (κ2) is 8.02. The van der Waals surface area contributed by atoms with Crippen molar-refractivity contribution in [2.24, 2.45) is 0 Å². The van der Waals surface area contributed by atoms with Gasteiger partial charge < -0.3 is 4.74 Å². The summed E-state index contributed by atoms with van der Waals surface area (Å²) in [4.78, 5) is 26.3. The Morgan fingerprint density at radius 1 is 1.25 bits per heavy atom. The fourth-order valence-corrected chi connectivity index (χ4v) is 3.05. The summed E-state index contributed by atoms with van der Waals surface area (Å²) >= 11 is 5.87. The number of ether oxygens (including phenoxy) is 1. The van der Waals surface area contributed by atoms with Crippen LogP contribution in [-0.2, 0) is 16.0 Å². The summed E-state index contributed by atoms with van der Waals surface area (Å²) < 4.78 is 5.41. The lowest BCUT2D eigenvalue weighted by molar-refractivity contribution is -0.123. The van der Waals surface area contributed by atoms with E-state index in [9.17, 15) is 9.59 Å². The van der Waals surface area contributed by atoms with Gasteiger partial charge in [-0.05, 0) is 64.2 Å². The van der Waals surface area contributed by atoms with Gasteiger partial charge in [0.2, 0.25) is 0 Å². The van der Waals surface area contributed by atoms with Gasteiger partial charge in [-0.25, -0.2) is 4.79 Å². The van der Waals surface area contributed by atoms with Crippen LogP contribution in [0.25, 0.3) is 0 Å². The topological polar surface area (TPSA) is 46.6 Å². The number of nitrogens with zero attached hydrogens (tertiary/aromatic N) is 1. The lowest BCUT2D eigenvalue weighted by Gasteiger charge is -2.28. The van der Waals surface area contributed by atoms with Gasteiger partial charge in [-0.1, -0.05) is 23.7 Å². The van der Waals surface area contributed by atoms with Gasteiger partial charge in [0.15, 0.2) is 5.78 Å². The van der Waals surface area contributed by atoms with Gasteiger partial charge in [0, 0.05) is 18.0 Å². The zero-order valence-corrected chi connectivity index (χ0v) is 15.4. The van der Waals surface area contributed by atoms with Gasteiger partial charge in [0.1, 0.15) is 5.60 Å². The normalized spacial score (nSPS) is 17.8. The number of rotatable bonds is 5. The lowest BCUT2D eigenvalue weighted by atomic mass is 10.0. The second-order valence-corrected chi connectivity index (χ2v) is 7.71. The quantitative estimate of drug-likeness (QED) is 0.776. The van der Waals surface area contributed by atoms with Crippen LogP contribution in [-0.4, -0.2) is 35.0 Å². The molecule has 2 rings (SSSR count). The molecule has 1 atom stereocenters. The van der Waals surface area contributed by atoms with E-state index in [1.807, 2.05) is 45.0 Å². The third kappa shape index (κ3) is 5.52. The zero-order chi connectivity index (χ0) is 17.7. The Hall–Kier alpha value is -1.55. The van der Waals surface area contributed by atoms with Crippen LogP contribution in [0.3, 0.4) is 0 Å². The van der Waals surface area contributed by atoms with Crippen LogP contribution < -0.4 is 0 Å². The standard InChI is InChI=1S/C19H26ClNO3/c1-19(2,3)24-18(23)21-13-5-7-16(21)17(22)8-4-6-14-9-11-15(20)12-10-14/h9-12,16H,4-8,13H2,1-3H3. The van der Waals surface area contributed by atoms with Crippen LogP contribution in [0.4, 0.5) is 4.79 Å². The van der Waals surface area contributed by atoms with Gasteiger partial charge in [-0.15, -0.1) is 0 Å². The van der Waals surface area contributed by atoms with Crippen LogP contribution in [0.15, 0.2) is 24.3 Å². The minimum atomic E-state index is -0.540. The maximum atomic E-state index is 12.5. The second-order valence-electron chi connectivity index (χ2n) is 7.28. The molecule has 0 radical (unpaired) electrons. The first-order valence-corrected chi connectivity index (χ1v) is 8.91. The Morgan fingerprint density at radius 3 is 2.54 bits per heavy atom. The fraction of sp³-hybridized carbons (Fsp3) is 0.579. The summed E-state index contributed by atoms with van der Waals surface area (Å²) in [5, 5.41) is 0.716. The van der Waals surface area contributed by atoms with Gasteiger partial charge in [-0.2, -0.15) is 0 Å². The van der Waals surface area contributed by atoms with Crippen molar-refractivity contribution >= 4 is 23.5 Å². The third-order valence-electron chi connectivity index (χ3n) is 4.05. The molecule has 0 N–H and O–H groups in total. The highest BCUT2D eigenvalue weighted by atomic mass is 35.5. The van der Waals surface area contributed by atoms with Crippen molar-refractivity contribution in [3.8, 4) is 0 Å². The van der Waals surface area contributed by atoms with Crippen molar-refractivity contribution in [2.75, 3.05) is 6.54 Å². The molecule has 1 fully saturated rings. The summed E-state index contributed by atoms with van der Waals surface area (Å²) in [6.07, 6.45) is 3.30. The van der Waals surface area contributed by atoms with Crippen molar-refractivity contribution in [2.45, 2.75) is 64.5 Å². The van der Waals surface area contributed by atoms with E-state index in [-0.39, 0.29) is 17.9 Å². The maximum Gasteiger partial charge on any atom is 0.410 e. The first-order valence-electron chi connectivity index (χ1n) is 8.53. The molecular weight excluding hydrogens is 326 g/mol. The van der Waals surface area contributed by atoms with Gasteiger partial charge in [0.05, 0.1) is 6.04 Å². The SMILES string of the molecule is CC(C)(C)OC(=O)N1CCCC1C(=O)CCCc1ccc(Cl)cc1. The molecule has 1 aromatic rings. The summed E-state index contributed by atoms with van der Waals surface area (Å²) in [5.41, 5.74) is 0.629. The summed E-state index contributed by atoms with van der Waals surface area (Å²) in [7, 11) is 0. The number of hydrogen-bond donors (Lipinski definition) is 0. The third-order valence-corrected chi connectivity index (χ3v) is 4.31. The van der Waals surface area contributed by atoms with Crippen molar-refractivity contribution in [3.63, 3.8) is 0 Å². The largest absolute Gasteiger partial charge is 0.444 e. The molecule has 4 nitrogen and oxygen atoms in total. The number of carbonyl (C=O) groups is 2. The number of hydrogen-bond acceptors (Lipinski definition) is 3. The highest BCUT2D eigenvalue weighted by Gasteiger charge is 2.35. The van der Waals surface area contributed by atoms with Gasteiger partial charge >= 0.3 is 6.09 Å². The summed E-state index contributed by atoms with van der Waals surface area (Å²) in [5.74, 6) is 0.132. The van der Waals surface area contributed by atoms with Crippen molar-refractivity contribution < 1.29 is 14.3 Å². The summed E-state index contributed by atoms with van der Waals surface area (Å²) in [6.45, 7) is 6.11. The highest BCUT2D eigenvalue weighted by molar-refractivity contribution is 6.30. The Labute approximate surface area is 149 Å². The van der Waals surface area contributed by atoms with Gasteiger partial charge in [-0.3, -0.25) is 9.69 Å². The molecule has 1 aliphatic heterocycles. The molecule has 0 spiro atoms. The first kappa shape index (κ1) is 18.8. The lowest BCUT2D eigenvalue weighted by Crippen LogP contribution is -2.43. The predicted octanol–water partition coefficient (Wildman–Crippen LogP) is 4.63. The first-order chi connectivity index (χ1) is 11.3. The zero-order valence-electron chi connectivity index (χ0n) is 14.7. The van der Waals surface area contributed by atoms with E-state index in [2.05, 4.69) is 0 Å². The molecule has 1 heterocycles. The number of benzene rings is 1. The van der Waals surface area contributed by atoms with Gasteiger partial charge in [0.25, 0.3) is 0 Å². The molecule has 0 aromatic heterocycles. The van der Waals surface area contributed by atoms with Crippen molar-refractivity contribution in [3.05, 3.63) is 34.9 Å². The minimum Gasteiger partial charge on any atom is -0.444 e. The fourth-order valence-electron chi connectivity index (χ4n) is 2.92. The molecule has 0 bridgehead atoms. The molecular formula is C19H26ClNO3. The molecule has 24 heavy (non-hydrogen) atoms. The number of amides is 1. The van der Waals surface area contributed by atoms with E-state index < -0.39 is 5.60 Å². The van der Waals surface area contributed by atoms with E-state index in [1.54, 1.807) is 4.90 Å². The molecule has 5 heteroatoms. The number of likely N-dealkylation sites (tertiary alicyclic amines) is 1. The monoisotopic (exact) mass is 351 g/mol. The number of aryl methyl sites for hydroxylation is 1. The Morgan fingerprint density at radius 2 is 1.92 bits per heavy atom. The van der Waals surface area contributed by atoms with Crippen molar-refractivity contribution in [1.29, 1.82) is 0 Å². The molecule has 0 aliphatic carbocycles. The van der Waals surface area contributed by atoms with Crippen LogP contribution >= 0.6 is 11.6 Å². The number of ketones is 1. The van der Waals surface area contributed by atoms with Crippen molar-refractivity contribution in [1.82, 2.24) is 4.90 Å². The minimum absolute atomic E-state index is 0.132. The molecule has 1 saturated heterocycles. The van der Waals surface area contributed by atoms with E-state index in [0.29, 0.717) is 18.0 Å². The predicted molar refractivity (Wildman–Crippen MR) is 95.4 cm³/mol. The van der Waals surface area contributed by atoms with E-state index in [4.69, 9.17) is 16.3 Å². The van der Waals surface area contributed by atoms with Crippen LogP contribution in [0.2, 0.25) is 5.02 Å². The average molecular weight is 352 g/mol. The maximum absolute atomic E-state index is 12.5. The Kier molecular flexibility index (Phi) is 6.27. The van der Waals surface area contributed by atoms with Crippen LogP contribution in [0.1, 0.15) is 52.0 Å². The van der Waals surface area contributed by atoms with E-state index in [1.165, 1.54) is 5.56 Å². The smallest absolute Gasteiger partial charge is 0.410 e. The summed E-state index contributed by atoms with van der Waals surface area (Å²) in [6, 6.07) is 7.36. The van der Waals surface area contributed by atoms with Crippen LogP contribution in [0, 0.1) is 0 Å². The Balaban J connectivity index is 1.84. The molecule has 1 aromatic carbocycles. The Bertz CT molecular complexity index is 577. The number of carbonyl (C=O) groups excluding carboxylic acids is 2. The number of Topliss-reactive ketones (excluding diaryl/α,β-unsaturated/α-hetero) is 1. The number of halogens is 1. The van der Waals surface area contributed by atoms with E-state index in [0.717, 1.165) is 25.7 Å².